The smallest absolute Gasteiger partial charge is 0.0722 e. The third-order valence-electron chi connectivity index (χ3n) is 5.07. The minimum atomic E-state index is -0.125. The maximum Gasteiger partial charge on any atom is 0.0722 e. The molecule has 3 unspecified atom stereocenters. The van der Waals surface area contributed by atoms with Gasteiger partial charge in [-0.3, -0.25) is 5.32 Å². The molecule has 3 rings (SSSR count). The molecule has 128 valence electrons. The van der Waals surface area contributed by atoms with Crippen LogP contribution in [-0.4, -0.2) is 6.04 Å². The molecule has 3 atom stereocenters. The predicted molar refractivity (Wildman–Crippen MR) is 107 cm³/mol. The van der Waals surface area contributed by atoms with Crippen molar-refractivity contribution in [2.45, 2.75) is 19.0 Å². The Labute approximate surface area is 149 Å². The van der Waals surface area contributed by atoms with Crippen LogP contribution in [0.2, 0.25) is 0 Å². The van der Waals surface area contributed by atoms with Gasteiger partial charge in [0.1, 0.15) is 0 Å². The Kier molecular flexibility index (Phi) is 4.51. The summed E-state index contributed by atoms with van der Waals surface area (Å²) in [5.74, 6) is 0.359. The lowest BCUT2D eigenvalue weighted by Crippen LogP contribution is -2.48. The molecule has 0 aliphatic heterocycles. The molecular formula is C22H25N3. The molecule has 3 heteroatoms. The largest absolute Gasteiger partial charge is 0.401 e. The van der Waals surface area contributed by atoms with Crippen LogP contribution in [-0.2, 0) is 0 Å². The molecule has 0 amide bonds. The Morgan fingerprint density at radius 3 is 2.24 bits per heavy atom. The molecule has 1 aliphatic carbocycles. The number of hydrogen-bond acceptors (Lipinski definition) is 3. The molecule has 1 fully saturated rings. The quantitative estimate of drug-likeness (QED) is 0.721. The van der Waals surface area contributed by atoms with E-state index in [1.165, 1.54) is 0 Å². The first-order valence-corrected chi connectivity index (χ1v) is 8.43. The fourth-order valence-electron chi connectivity index (χ4n) is 3.36. The van der Waals surface area contributed by atoms with Crippen LogP contribution in [0, 0.1) is 5.92 Å². The van der Waals surface area contributed by atoms with Gasteiger partial charge >= 0.3 is 0 Å². The second-order valence-corrected chi connectivity index (χ2v) is 6.70. The number of hydrogen-bond donors (Lipinski definition) is 3. The van der Waals surface area contributed by atoms with Gasteiger partial charge in [0.05, 0.1) is 6.04 Å². The molecule has 0 spiro atoms. The molecule has 1 saturated carbocycles. The van der Waals surface area contributed by atoms with Gasteiger partial charge in [-0.1, -0.05) is 69.1 Å². The highest BCUT2D eigenvalue weighted by molar-refractivity contribution is 5.76. The molecule has 2 aromatic rings. The molecule has 0 aromatic heterocycles. The van der Waals surface area contributed by atoms with Crippen molar-refractivity contribution in [2.24, 2.45) is 11.7 Å². The highest BCUT2D eigenvalue weighted by Crippen LogP contribution is 2.38. The monoisotopic (exact) mass is 331 g/mol. The van der Waals surface area contributed by atoms with E-state index in [4.69, 9.17) is 11.5 Å². The van der Waals surface area contributed by atoms with E-state index in [1.54, 1.807) is 0 Å². The van der Waals surface area contributed by atoms with Crippen molar-refractivity contribution in [1.29, 1.82) is 0 Å². The van der Waals surface area contributed by atoms with Gasteiger partial charge in [0, 0.05) is 28.9 Å². The number of benzene rings is 2. The third-order valence-corrected chi connectivity index (χ3v) is 5.07. The molecular weight excluding hydrogens is 306 g/mol. The zero-order chi connectivity index (χ0) is 18.1. The first-order valence-electron chi connectivity index (χ1n) is 8.43. The maximum absolute atomic E-state index is 6.07. The maximum atomic E-state index is 6.07. The Morgan fingerprint density at radius 2 is 1.68 bits per heavy atom. The summed E-state index contributed by atoms with van der Waals surface area (Å²) < 4.78 is 0. The van der Waals surface area contributed by atoms with E-state index in [0.717, 1.165) is 33.5 Å². The van der Waals surface area contributed by atoms with Gasteiger partial charge in [-0.15, -0.1) is 0 Å². The Bertz CT molecular complexity index is 833. The summed E-state index contributed by atoms with van der Waals surface area (Å²) in [6.45, 7) is 14.2. The van der Waals surface area contributed by atoms with E-state index in [2.05, 4.69) is 56.2 Å². The Balaban J connectivity index is 1.83. The van der Waals surface area contributed by atoms with E-state index >= 15 is 0 Å². The summed E-state index contributed by atoms with van der Waals surface area (Å²) in [5.41, 5.74) is 18.8. The van der Waals surface area contributed by atoms with Crippen LogP contribution in [0.4, 0.5) is 5.69 Å². The van der Waals surface area contributed by atoms with Crippen molar-refractivity contribution in [2.75, 3.05) is 5.73 Å². The highest BCUT2D eigenvalue weighted by atomic mass is 15.0. The number of rotatable bonds is 5. The fourth-order valence-corrected chi connectivity index (χ4v) is 3.36. The van der Waals surface area contributed by atoms with Crippen LogP contribution in [0.3, 0.4) is 0 Å². The fraction of sp³-hybridized carbons (Fsp3) is 0.182. The van der Waals surface area contributed by atoms with Crippen LogP contribution in [0.1, 0.15) is 18.5 Å². The number of para-hydroxylation sites is 1. The highest BCUT2D eigenvalue weighted by Gasteiger charge is 2.36. The molecule has 3 nitrogen and oxygen atoms in total. The number of nitrogen functional groups attached to an aromatic ring is 1. The molecule has 2 aromatic carbocycles. The molecule has 0 heterocycles. The van der Waals surface area contributed by atoms with E-state index < -0.39 is 0 Å². The Morgan fingerprint density at radius 1 is 1.04 bits per heavy atom. The van der Waals surface area contributed by atoms with Crippen molar-refractivity contribution in [3.8, 4) is 11.1 Å². The molecule has 25 heavy (non-hydrogen) atoms. The molecule has 5 N–H and O–H groups in total. The van der Waals surface area contributed by atoms with Crippen molar-refractivity contribution in [1.82, 2.24) is 5.32 Å². The summed E-state index contributed by atoms with van der Waals surface area (Å²) in [4.78, 5) is 0. The van der Waals surface area contributed by atoms with Crippen molar-refractivity contribution in [3.63, 3.8) is 0 Å². The van der Waals surface area contributed by atoms with Gasteiger partial charge in [0.25, 0.3) is 0 Å². The standard InChI is InChI=1S/C22H25N3/c1-13-14(2)21(15(13)3)25-22(16(4)23)18-11-9-17(10-12-18)19-7-5-6-8-20(19)24/h5-12,15,21-22,25H,1-2,4,23-24H2,3H3. The summed E-state index contributed by atoms with van der Waals surface area (Å²) in [6, 6.07) is 16.2. The van der Waals surface area contributed by atoms with E-state index in [-0.39, 0.29) is 12.1 Å². The van der Waals surface area contributed by atoms with Crippen molar-refractivity contribution in [3.05, 3.63) is 90.7 Å². The van der Waals surface area contributed by atoms with Gasteiger partial charge in [0.15, 0.2) is 0 Å². The Hall–Kier alpha value is -2.78. The van der Waals surface area contributed by atoms with E-state index in [0.29, 0.717) is 11.6 Å². The predicted octanol–water partition coefficient (Wildman–Crippen LogP) is 4.17. The van der Waals surface area contributed by atoms with Gasteiger partial charge < -0.3 is 11.5 Å². The van der Waals surface area contributed by atoms with E-state index in [1.807, 2.05) is 24.3 Å². The second-order valence-electron chi connectivity index (χ2n) is 6.70. The average molecular weight is 331 g/mol. The van der Waals surface area contributed by atoms with Crippen LogP contribution in [0.5, 0.6) is 0 Å². The molecule has 0 bridgehead atoms. The normalized spacial score (nSPS) is 20.8. The lowest BCUT2D eigenvalue weighted by molar-refractivity contribution is 0.380. The second kappa shape index (κ2) is 6.61. The molecule has 0 radical (unpaired) electrons. The van der Waals surface area contributed by atoms with Crippen molar-refractivity contribution >= 4 is 5.69 Å². The van der Waals surface area contributed by atoms with Crippen molar-refractivity contribution < 1.29 is 0 Å². The first-order chi connectivity index (χ1) is 11.9. The summed E-state index contributed by atoms with van der Waals surface area (Å²) in [6.07, 6.45) is 0. The lowest BCUT2D eigenvalue weighted by Gasteiger charge is -2.42. The number of nitrogens with one attached hydrogen (secondary N) is 1. The first kappa shape index (κ1) is 17.1. The lowest BCUT2D eigenvalue weighted by atomic mass is 9.72. The van der Waals surface area contributed by atoms with Crippen LogP contribution >= 0.6 is 0 Å². The average Bonchev–Trinajstić information content (AvgIpc) is 2.62. The number of nitrogens with two attached hydrogens (primary N) is 2. The SMILES string of the molecule is C=C(N)C(NC1C(=C)C(=C)C1C)c1ccc(-c2ccccc2N)cc1. The summed E-state index contributed by atoms with van der Waals surface area (Å²) >= 11 is 0. The molecule has 1 aliphatic rings. The zero-order valence-corrected chi connectivity index (χ0v) is 14.6. The van der Waals surface area contributed by atoms with Gasteiger partial charge in [-0.05, 0) is 28.3 Å². The van der Waals surface area contributed by atoms with Gasteiger partial charge in [-0.2, -0.15) is 0 Å². The van der Waals surface area contributed by atoms with Gasteiger partial charge in [0.2, 0.25) is 0 Å². The van der Waals surface area contributed by atoms with E-state index in [9.17, 15) is 0 Å². The zero-order valence-electron chi connectivity index (χ0n) is 14.6. The van der Waals surface area contributed by atoms with Gasteiger partial charge in [-0.25, -0.2) is 0 Å². The summed E-state index contributed by atoms with van der Waals surface area (Å²) in [5, 5.41) is 3.56. The molecule has 0 saturated heterocycles. The third kappa shape index (κ3) is 3.11. The van der Waals surface area contributed by atoms with Crippen LogP contribution in [0.15, 0.2) is 85.1 Å². The minimum Gasteiger partial charge on any atom is -0.401 e. The minimum absolute atomic E-state index is 0.125. The summed E-state index contributed by atoms with van der Waals surface area (Å²) in [7, 11) is 0. The topological polar surface area (TPSA) is 64.1 Å². The number of anilines is 1. The van der Waals surface area contributed by atoms with Crippen LogP contribution < -0.4 is 16.8 Å². The van der Waals surface area contributed by atoms with Crippen LogP contribution in [0.25, 0.3) is 11.1 Å².